The molecule has 8 heteroatoms. The van der Waals surface area contributed by atoms with Crippen molar-refractivity contribution >= 4 is 11.9 Å². The number of rotatable bonds is 13. The van der Waals surface area contributed by atoms with Crippen molar-refractivity contribution in [2.24, 2.45) is 11.8 Å². The Kier molecular flexibility index (Phi) is 10.0. The van der Waals surface area contributed by atoms with E-state index in [0.717, 1.165) is 13.1 Å². The molecule has 0 aromatic rings. The minimum atomic E-state index is -0.392. The fourth-order valence-corrected chi connectivity index (χ4v) is 4.05. The highest BCUT2D eigenvalue weighted by Gasteiger charge is 2.38. The molecule has 2 rings (SSSR count). The first-order valence-corrected chi connectivity index (χ1v) is 11.4. The van der Waals surface area contributed by atoms with Crippen molar-refractivity contribution in [1.29, 1.82) is 0 Å². The van der Waals surface area contributed by atoms with E-state index in [4.69, 9.17) is 18.9 Å². The van der Waals surface area contributed by atoms with Crippen LogP contribution in [-0.2, 0) is 28.5 Å². The van der Waals surface area contributed by atoms with Crippen LogP contribution in [0.4, 0.5) is 0 Å². The van der Waals surface area contributed by atoms with Gasteiger partial charge in [-0.15, -0.1) is 0 Å². The lowest BCUT2D eigenvalue weighted by atomic mass is 9.97. The first-order valence-electron chi connectivity index (χ1n) is 11.4. The number of hydrogen-bond acceptors (Lipinski definition) is 8. The molecule has 30 heavy (non-hydrogen) atoms. The quantitative estimate of drug-likeness (QED) is 0.341. The van der Waals surface area contributed by atoms with Crippen molar-refractivity contribution in [3.8, 4) is 0 Å². The van der Waals surface area contributed by atoms with Crippen LogP contribution < -0.4 is 10.6 Å². The van der Waals surface area contributed by atoms with Gasteiger partial charge in [-0.1, -0.05) is 27.7 Å². The topological polar surface area (TPSA) is 95.1 Å². The Bertz CT molecular complexity index is 492. The van der Waals surface area contributed by atoms with E-state index < -0.39 is 11.4 Å². The van der Waals surface area contributed by atoms with Gasteiger partial charge in [0.15, 0.2) is 0 Å². The first-order chi connectivity index (χ1) is 14.3. The minimum absolute atomic E-state index is 0.233. The minimum Gasteiger partial charge on any atom is -0.466 e. The molecule has 174 valence electrons. The maximum Gasteiger partial charge on any atom is 0.305 e. The van der Waals surface area contributed by atoms with E-state index in [2.05, 4.69) is 38.3 Å². The van der Waals surface area contributed by atoms with E-state index in [0.29, 0.717) is 76.8 Å². The summed E-state index contributed by atoms with van der Waals surface area (Å²) in [6.07, 6.45) is 3.12. The second kappa shape index (κ2) is 12.0. The van der Waals surface area contributed by atoms with E-state index in [-0.39, 0.29) is 11.9 Å². The molecule has 2 aliphatic rings. The molecule has 0 aliphatic carbocycles. The van der Waals surface area contributed by atoms with E-state index in [1.165, 1.54) is 0 Å². The Morgan fingerprint density at radius 3 is 1.50 bits per heavy atom. The second-order valence-electron chi connectivity index (χ2n) is 8.79. The zero-order valence-electron chi connectivity index (χ0n) is 19.1. The van der Waals surface area contributed by atoms with Gasteiger partial charge in [-0.25, -0.2) is 0 Å². The molecule has 0 saturated carbocycles. The monoisotopic (exact) mass is 428 g/mol. The predicted octanol–water partition coefficient (Wildman–Crippen LogP) is 2.36. The lowest BCUT2D eigenvalue weighted by Gasteiger charge is -2.32. The number of hydrogen-bond donors (Lipinski definition) is 2. The average Bonchev–Trinajstić information content (AvgIpc) is 3.36. The van der Waals surface area contributed by atoms with Crippen molar-refractivity contribution in [1.82, 2.24) is 10.6 Å². The third kappa shape index (κ3) is 7.18. The van der Waals surface area contributed by atoms with Crippen molar-refractivity contribution in [2.75, 3.05) is 39.5 Å². The van der Waals surface area contributed by atoms with Gasteiger partial charge in [0.2, 0.25) is 0 Å². The van der Waals surface area contributed by atoms with E-state index in [1.807, 2.05) is 0 Å². The Morgan fingerprint density at radius 1 is 0.800 bits per heavy atom. The van der Waals surface area contributed by atoms with Crippen LogP contribution in [0.25, 0.3) is 0 Å². The molecule has 0 amide bonds. The molecule has 0 aromatic heterocycles. The van der Waals surface area contributed by atoms with Crippen LogP contribution in [0.15, 0.2) is 0 Å². The van der Waals surface area contributed by atoms with Crippen LogP contribution in [0.5, 0.6) is 0 Å². The van der Waals surface area contributed by atoms with E-state index in [1.54, 1.807) is 0 Å². The molecule has 2 aliphatic heterocycles. The predicted molar refractivity (Wildman–Crippen MR) is 113 cm³/mol. The maximum atomic E-state index is 11.9. The zero-order valence-corrected chi connectivity index (χ0v) is 19.1. The van der Waals surface area contributed by atoms with Crippen LogP contribution in [0.3, 0.4) is 0 Å². The molecule has 0 radical (unpaired) electrons. The van der Waals surface area contributed by atoms with Crippen molar-refractivity contribution in [3.63, 3.8) is 0 Å². The van der Waals surface area contributed by atoms with Crippen molar-refractivity contribution in [2.45, 2.75) is 77.7 Å². The van der Waals surface area contributed by atoms with Gasteiger partial charge < -0.3 is 18.9 Å². The van der Waals surface area contributed by atoms with E-state index in [9.17, 15) is 9.59 Å². The number of carbonyl (C=O) groups is 2. The molecule has 0 spiro atoms. The van der Waals surface area contributed by atoms with Gasteiger partial charge in [0, 0.05) is 38.8 Å². The molecular formula is C22H40N2O6. The van der Waals surface area contributed by atoms with Crippen LogP contribution in [-0.4, -0.2) is 62.9 Å². The Balaban J connectivity index is 1.52. The Labute approximate surface area is 180 Å². The van der Waals surface area contributed by atoms with Gasteiger partial charge in [0.1, 0.15) is 11.4 Å². The SMILES string of the molecule is CC(C)C1(CCOC(=O)CCCCC(=O)OCCC2(C(C)C)NCCO2)NCCO1. The lowest BCUT2D eigenvalue weighted by Crippen LogP contribution is -2.47. The molecular weight excluding hydrogens is 388 g/mol. The number of carbonyl (C=O) groups excluding carboxylic acids is 2. The summed E-state index contributed by atoms with van der Waals surface area (Å²) in [6, 6.07) is 0. The largest absolute Gasteiger partial charge is 0.466 e. The first kappa shape index (κ1) is 25.0. The van der Waals surface area contributed by atoms with Gasteiger partial charge in [0.25, 0.3) is 0 Å². The van der Waals surface area contributed by atoms with Crippen LogP contribution in [0, 0.1) is 11.8 Å². The molecule has 0 bridgehead atoms. The fraction of sp³-hybridized carbons (Fsp3) is 0.909. The molecule has 8 nitrogen and oxygen atoms in total. The standard InChI is InChI=1S/C22H40N2O6/c1-17(2)21(23-11-15-29-21)9-13-27-19(25)7-5-6-8-20(26)28-14-10-22(18(3)4)24-12-16-30-22/h17-18,23-24H,5-16H2,1-4H3. The zero-order chi connectivity index (χ0) is 22.0. The second-order valence-corrected chi connectivity index (χ2v) is 8.79. The third-order valence-corrected chi connectivity index (χ3v) is 6.12. The highest BCUT2D eigenvalue weighted by molar-refractivity contribution is 5.70. The maximum absolute atomic E-state index is 11.9. The summed E-state index contributed by atoms with van der Waals surface area (Å²) in [5.41, 5.74) is -0.783. The summed E-state index contributed by atoms with van der Waals surface area (Å²) in [5.74, 6) is 0.138. The average molecular weight is 429 g/mol. The van der Waals surface area contributed by atoms with Gasteiger partial charge in [0.05, 0.1) is 26.4 Å². The number of unbranched alkanes of at least 4 members (excludes halogenated alkanes) is 1. The summed E-state index contributed by atoms with van der Waals surface area (Å²) in [4.78, 5) is 23.9. The summed E-state index contributed by atoms with van der Waals surface area (Å²) >= 11 is 0. The highest BCUT2D eigenvalue weighted by atomic mass is 16.6. The molecule has 2 unspecified atom stereocenters. The van der Waals surface area contributed by atoms with E-state index >= 15 is 0 Å². The van der Waals surface area contributed by atoms with Crippen molar-refractivity contribution in [3.05, 3.63) is 0 Å². The Morgan fingerprint density at radius 2 is 1.20 bits per heavy atom. The molecule has 2 heterocycles. The summed E-state index contributed by atoms with van der Waals surface area (Å²) in [5, 5.41) is 6.75. The lowest BCUT2D eigenvalue weighted by molar-refractivity contribution is -0.149. The Hall–Kier alpha value is -1.22. The third-order valence-electron chi connectivity index (χ3n) is 6.12. The molecule has 2 fully saturated rings. The van der Waals surface area contributed by atoms with Gasteiger partial charge in [-0.3, -0.25) is 20.2 Å². The van der Waals surface area contributed by atoms with Gasteiger partial charge >= 0.3 is 11.9 Å². The summed E-state index contributed by atoms with van der Waals surface area (Å²) in [6.45, 7) is 12.1. The van der Waals surface area contributed by atoms with Crippen LogP contribution in [0.1, 0.15) is 66.2 Å². The molecule has 2 saturated heterocycles. The molecule has 2 N–H and O–H groups in total. The number of esters is 2. The summed E-state index contributed by atoms with van der Waals surface area (Å²) in [7, 11) is 0. The van der Waals surface area contributed by atoms with Crippen LogP contribution >= 0.6 is 0 Å². The van der Waals surface area contributed by atoms with Gasteiger partial charge in [-0.05, 0) is 24.7 Å². The molecule has 0 aromatic carbocycles. The van der Waals surface area contributed by atoms with Gasteiger partial charge in [-0.2, -0.15) is 0 Å². The highest BCUT2D eigenvalue weighted by Crippen LogP contribution is 2.27. The fourth-order valence-electron chi connectivity index (χ4n) is 4.05. The normalized spacial score (nSPS) is 26.5. The number of nitrogens with one attached hydrogen (secondary N) is 2. The van der Waals surface area contributed by atoms with Crippen LogP contribution in [0.2, 0.25) is 0 Å². The number of ether oxygens (including phenoxy) is 4. The smallest absolute Gasteiger partial charge is 0.305 e. The summed E-state index contributed by atoms with van der Waals surface area (Å²) < 4.78 is 22.3. The van der Waals surface area contributed by atoms with Crippen molar-refractivity contribution < 1.29 is 28.5 Å². The molecule has 2 atom stereocenters.